The van der Waals surface area contributed by atoms with Crippen LogP contribution in [0.1, 0.15) is 47.2 Å². The number of rotatable bonds is 8. The molecule has 0 radical (unpaired) electrons. The van der Waals surface area contributed by atoms with Crippen molar-refractivity contribution in [2.24, 2.45) is 0 Å². The second-order valence-corrected chi connectivity index (χ2v) is 7.80. The lowest BCUT2D eigenvalue weighted by molar-refractivity contribution is -0.384. The summed E-state index contributed by atoms with van der Waals surface area (Å²) < 4.78 is 0. The van der Waals surface area contributed by atoms with Crippen LogP contribution in [0.2, 0.25) is 0 Å². The molecule has 7 heteroatoms. The maximum Gasteiger partial charge on any atom is 0.269 e. The zero-order valence-electron chi connectivity index (χ0n) is 16.0. The molecular weight excluding hydrogens is 370 g/mol. The van der Waals surface area contributed by atoms with Gasteiger partial charge in [0.1, 0.15) is 0 Å². The van der Waals surface area contributed by atoms with E-state index in [-0.39, 0.29) is 30.0 Å². The van der Waals surface area contributed by atoms with Crippen molar-refractivity contribution >= 4 is 17.5 Å². The molecular formula is C22H23N3O4. The molecule has 150 valence electrons. The molecule has 2 saturated carbocycles. The molecule has 2 aromatic carbocycles. The molecule has 2 amide bonds. The van der Waals surface area contributed by atoms with Crippen molar-refractivity contribution in [3.63, 3.8) is 0 Å². The number of nitro groups is 1. The van der Waals surface area contributed by atoms with E-state index < -0.39 is 4.92 Å². The fraction of sp³-hybridized carbons (Fsp3) is 0.364. The van der Waals surface area contributed by atoms with E-state index in [0.717, 1.165) is 36.8 Å². The molecule has 0 unspecified atom stereocenters. The van der Waals surface area contributed by atoms with Crippen molar-refractivity contribution in [2.75, 3.05) is 0 Å². The van der Waals surface area contributed by atoms with Crippen molar-refractivity contribution in [3.8, 4) is 0 Å². The molecule has 0 atom stereocenters. The summed E-state index contributed by atoms with van der Waals surface area (Å²) in [4.78, 5) is 37.2. The summed E-state index contributed by atoms with van der Waals surface area (Å²) in [6.07, 6.45) is 4.31. The first kappa shape index (κ1) is 19.1. The molecule has 2 fully saturated rings. The van der Waals surface area contributed by atoms with Gasteiger partial charge in [0.15, 0.2) is 0 Å². The van der Waals surface area contributed by atoms with Crippen LogP contribution in [0.3, 0.4) is 0 Å². The van der Waals surface area contributed by atoms with Crippen LogP contribution in [-0.4, -0.2) is 33.7 Å². The molecule has 29 heavy (non-hydrogen) atoms. The maximum atomic E-state index is 12.8. The Bertz CT molecular complexity index is 916. The number of carbonyl (C=O) groups excluding carboxylic acids is 2. The summed E-state index contributed by atoms with van der Waals surface area (Å²) in [5.41, 5.74) is 2.40. The number of benzene rings is 2. The molecule has 2 aliphatic rings. The lowest BCUT2D eigenvalue weighted by Gasteiger charge is -2.23. The van der Waals surface area contributed by atoms with Crippen molar-refractivity contribution in [2.45, 2.75) is 50.7 Å². The molecule has 0 aromatic heterocycles. The topological polar surface area (TPSA) is 92.6 Å². The van der Waals surface area contributed by atoms with E-state index in [1.165, 1.54) is 12.1 Å². The number of nitrogens with zero attached hydrogens (tertiary/aromatic N) is 2. The third-order valence-electron chi connectivity index (χ3n) is 5.29. The largest absolute Gasteiger partial charge is 0.349 e. The minimum Gasteiger partial charge on any atom is -0.349 e. The third-order valence-corrected chi connectivity index (χ3v) is 5.29. The number of carbonyl (C=O) groups is 2. The Labute approximate surface area is 168 Å². The van der Waals surface area contributed by atoms with Gasteiger partial charge in [-0.1, -0.05) is 24.3 Å². The summed E-state index contributed by atoms with van der Waals surface area (Å²) in [5.74, 6) is -0.0377. The van der Waals surface area contributed by atoms with E-state index >= 15 is 0 Å². The fourth-order valence-corrected chi connectivity index (χ4v) is 3.27. The molecule has 2 aliphatic carbocycles. The van der Waals surface area contributed by atoms with Crippen molar-refractivity contribution in [1.82, 2.24) is 10.2 Å². The molecule has 0 saturated heterocycles. The van der Waals surface area contributed by atoms with Crippen LogP contribution in [0.5, 0.6) is 0 Å². The van der Waals surface area contributed by atoms with Gasteiger partial charge in [-0.25, -0.2) is 0 Å². The predicted molar refractivity (Wildman–Crippen MR) is 107 cm³/mol. The van der Waals surface area contributed by atoms with Gasteiger partial charge in [-0.3, -0.25) is 19.7 Å². The van der Waals surface area contributed by atoms with Crippen LogP contribution in [0, 0.1) is 10.1 Å². The number of hydrogen-bond donors (Lipinski definition) is 1. The predicted octanol–water partition coefficient (Wildman–Crippen LogP) is 3.22. The molecule has 0 heterocycles. The zero-order chi connectivity index (χ0) is 20.4. The van der Waals surface area contributed by atoms with Crippen molar-refractivity contribution in [1.29, 1.82) is 0 Å². The molecule has 0 bridgehead atoms. The minimum atomic E-state index is -0.448. The van der Waals surface area contributed by atoms with Gasteiger partial charge in [-0.05, 0) is 48.9 Å². The smallest absolute Gasteiger partial charge is 0.269 e. The quantitative estimate of drug-likeness (QED) is 0.550. The Hall–Kier alpha value is -3.22. The lowest BCUT2D eigenvalue weighted by Crippen LogP contribution is -2.33. The number of amides is 2. The first-order chi connectivity index (χ1) is 14.0. The van der Waals surface area contributed by atoms with Gasteiger partial charge >= 0.3 is 0 Å². The monoisotopic (exact) mass is 393 g/mol. The molecule has 2 aromatic rings. The second kappa shape index (κ2) is 8.03. The average Bonchev–Trinajstić information content (AvgIpc) is 3.62. The van der Waals surface area contributed by atoms with Crippen LogP contribution in [0.4, 0.5) is 5.69 Å². The Morgan fingerprint density at radius 1 is 0.966 bits per heavy atom. The Morgan fingerprint density at radius 3 is 2.14 bits per heavy atom. The zero-order valence-corrected chi connectivity index (χ0v) is 16.0. The van der Waals surface area contributed by atoms with E-state index in [1.54, 1.807) is 24.3 Å². The standard InChI is InChI=1S/C22H23N3O4/c26-21(13-15-3-9-20(10-4-15)25(28)29)24(19-11-12-19)14-16-1-5-17(6-2-16)22(27)23-18-7-8-18/h1-6,9-10,18-19H,7-8,11-14H2,(H,23,27). The highest BCUT2D eigenvalue weighted by Crippen LogP contribution is 2.29. The summed E-state index contributed by atoms with van der Waals surface area (Å²) in [6.45, 7) is 0.501. The van der Waals surface area contributed by atoms with E-state index in [4.69, 9.17) is 0 Å². The van der Waals surface area contributed by atoms with Gasteiger partial charge in [-0.15, -0.1) is 0 Å². The first-order valence-corrected chi connectivity index (χ1v) is 9.92. The van der Waals surface area contributed by atoms with E-state index in [9.17, 15) is 19.7 Å². The van der Waals surface area contributed by atoms with E-state index in [0.29, 0.717) is 18.2 Å². The van der Waals surface area contributed by atoms with Crippen LogP contribution in [0.25, 0.3) is 0 Å². The molecule has 1 N–H and O–H groups in total. The average molecular weight is 393 g/mol. The van der Waals surface area contributed by atoms with Gasteiger partial charge in [-0.2, -0.15) is 0 Å². The number of nitro benzene ring substituents is 1. The summed E-state index contributed by atoms with van der Waals surface area (Å²) >= 11 is 0. The summed E-state index contributed by atoms with van der Waals surface area (Å²) in [5, 5.41) is 13.7. The molecule has 4 rings (SSSR count). The van der Waals surface area contributed by atoms with Crippen LogP contribution >= 0.6 is 0 Å². The first-order valence-electron chi connectivity index (χ1n) is 9.92. The minimum absolute atomic E-state index is 0.0110. The number of non-ortho nitro benzene ring substituents is 1. The molecule has 0 spiro atoms. The van der Waals surface area contributed by atoms with Gasteiger partial charge in [0.05, 0.1) is 11.3 Å². The Morgan fingerprint density at radius 2 is 1.59 bits per heavy atom. The van der Waals surface area contributed by atoms with E-state index in [2.05, 4.69) is 5.32 Å². The highest BCUT2D eigenvalue weighted by Gasteiger charge is 2.32. The SMILES string of the molecule is O=C(NC1CC1)c1ccc(CN(C(=O)Cc2ccc([N+](=O)[O-])cc2)C2CC2)cc1. The van der Waals surface area contributed by atoms with Crippen LogP contribution in [0.15, 0.2) is 48.5 Å². The fourth-order valence-electron chi connectivity index (χ4n) is 3.27. The van der Waals surface area contributed by atoms with Gasteiger partial charge in [0, 0.05) is 36.3 Å². The normalized spacial score (nSPS) is 15.6. The maximum absolute atomic E-state index is 12.8. The Kier molecular flexibility index (Phi) is 5.29. The molecule has 7 nitrogen and oxygen atoms in total. The highest BCUT2D eigenvalue weighted by atomic mass is 16.6. The lowest BCUT2D eigenvalue weighted by atomic mass is 10.1. The third kappa shape index (κ3) is 4.99. The molecule has 0 aliphatic heterocycles. The van der Waals surface area contributed by atoms with Crippen LogP contribution in [-0.2, 0) is 17.8 Å². The second-order valence-electron chi connectivity index (χ2n) is 7.80. The van der Waals surface area contributed by atoms with Crippen molar-refractivity contribution < 1.29 is 14.5 Å². The Balaban J connectivity index is 1.39. The summed E-state index contributed by atoms with van der Waals surface area (Å²) in [7, 11) is 0. The number of hydrogen-bond acceptors (Lipinski definition) is 4. The van der Waals surface area contributed by atoms with Crippen LogP contribution < -0.4 is 5.32 Å². The number of nitrogens with one attached hydrogen (secondary N) is 1. The van der Waals surface area contributed by atoms with Gasteiger partial charge in [0.25, 0.3) is 11.6 Å². The van der Waals surface area contributed by atoms with Crippen molar-refractivity contribution in [3.05, 3.63) is 75.3 Å². The summed E-state index contributed by atoms with van der Waals surface area (Å²) in [6, 6.07) is 14.1. The van der Waals surface area contributed by atoms with Gasteiger partial charge < -0.3 is 10.2 Å². The van der Waals surface area contributed by atoms with Gasteiger partial charge in [0.2, 0.25) is 5.91 Å². The highest BCUT2D eigenvalue weighted by molar-refractivity contribution is 5.94. The van der Waals surface area contributed by atoms with E-state index in [1.807, 2.05) is 17.0 Å².